The second-order valence-corrected chi connectivity index (χ2v) is 12.7. The molecule has 0 aliphatic carbocycles. The fraction of sp³-hybridized carbons (Fsp3) is 0.286. The van der Waals surface area contributed by atoms with Crippen molar-refractivity contribution in [3.8, 4) is 34.0 Å². The van der Waals surface area contributed by atoms with Crippen molar-refractivity contribution < 1.29 is 17.1 Å². The minimum atomic E-state index is -3.78. The van der Waals surface area contributed by atoms with Gasteiger partial charge in [0.25, 0.3) is 10.1 Å². The molecule has 1 aliphatic heterocycles. The number of nitrogens with zero attached hydrogens (tertiary/aromatic N) is 4. The van der Waals surface area contributed by atoms with Gasteiger partial charge in [-0.2, -0.15) is 8.42 Å². The largest absolute Gasteiger partial charge is 0.336 e. The van der Waals surface area contributed by atoms with Crippen molar-refractivity contribution in [2.24, 2.45) is 5.41 Å². The number of H-pyrrole nitrogens is 1. The average Bonchev–Trinajstić information content (AvgIpc) is 3.38. The Labute approximate surface area is 232 Å². The Morgan fingerprint density at radius 3 is 2.41 bits per heavy atom. The van der Waals surface area contributed by atoms with Gasteiger partial charge in [0.05, 0.1) is 33.9 Å². The van der Waals surface area contributed by atoms with Crippen LogP contribution < -0.4 is 9.96 Å². The first-order valence-corrected chi connectivity index (χ1v) is 14.6. The van der Waals surface area contributed by atoms with Crippen molar-refractivity contribution in [1.29, 1.82) is 0 Å². The maximum atomic E-state index is 14.9. The number of imidazole rings is 1. The van der Waals surface area contributed by atoms with Crippen LogP contribution in [0.1, 0.15) is 27.7 Å². The van der Waals surface area contributed by atoms with Gasteiger partial charge in [0, 0.05) is 12.1 Å². The molecule has 39 heavy (non-hydrogen) atoms. The van der Waals surface area contributed by atoms with Gasteiger partial charge < -0.3 is 9.88 Å². The van der Waals surface area contributed by atoms with E-state index in [9.17, 15) is 12.8 Å². The monoisotopic (exact) mass is 569 g/mol. The van der Waals surface area contributed by atoms with Gasteiger partial charge in [0.1, 0.15) is 23.5 Å². The summed E-state index contributed by atoms with van der Waals surface area (Å²) in [5.41, 5.74) is 3.08. The Bertz CT molecular complexity index is 1620. The lowest BCUT2D eigenvalue weighted by Gasteiger charge is -2.32. The second kappa shape index (κ2) is 9.93. The number of halogens is 2. The number of hydrogen-bond donors (Lipinski definition) is 1. The molecular weight excluding hydrogens is 541 g/mol. The van der Waals surface area contributed by atoms with Crippen molar-refractivity contribution in [3.63, 3.8) is 0 Å². The van der Waals surface area contributed by atoms with Crippen LogP contribution in [0, 0.1) is 11.2 Å². The maximum Gasteiger partial charge on any atom is 0.285 e. The number of hydroxylamine groups is 1. The molecule has 0 saturated carbocycles. The van der Waals surface area contributed by atoms with E-state index in [1.165, 1.54) is 11.1 Å². The van der Waals surface area contributed by atoms with Crippen LogP contribution in [-0.4, -0.2) is 42.3 Å². The van der Waals surface area contributed by atoms with E-state index in [-0.39, 0.29) is 21.8 Å². The quantitative estimate of drug-likeness (QED) is 0.283. The van der Waals surface area contributed by atoms with Crippen molar-refractivity contribution >= 4 is 33.2 Å². The highest BCUT2D eigenvalue weighted by Crippen LogP contribution is 2.43. The van der Waals surface area contributed by atoms with Crippen LogP contribution in [0.15, 0.2) is 60.7 Å². The fourth-order valence-electron chi connectivity index (χ4n) is 4.64. The van der Waals surface area contributed by atoms with Gasteiger partial charge in [0.2, 0.25) is 0 Å². The number of pyridine rings is 1. The molecule has 1 atom stereocenters. The number of anilines is 2. The molecular formula is C28H29ClFN5O3S. The van der Waals surface area contributed by atoms with E-state index in [1.54, 1.807) is 24.3 Å². The summed E-state index contributed by atoms with van der Waals surface area (Å²) < 4.78 is 44.3. The summed E-state index contributed by atoms with van der Waals surface area (Å²) in [5, 5.41) is 1.60. The smallest absolute Gasteiger partial charge is 0.285 e. The molecule has 8 nitrogen and oxygen atoms in total. The van der Waals surface area contributed by atoms with Crippen LogP contribution in [-0.2, 0) is 14.4 Å². The Morgan fingerprint density at radius 2 is 1.77 bits per heavy atom. The number of rotatable bonds is 6. The fourth-order valence-corrected chi connectivity index (χ4v) is 5.39. The Kier molecular flexibility index (Phi) is 6.90. The van der Waals surface area contributed by atoms with Crippen molar-refractivity contribution in [2.45, 2.75) is 33.9 Å². The van der Waals surface area contributed by atoms with Gasteiger partial charge in [-0.05, 0) is 36.6 Å². The normalized spacial score (nSPS) is 15.6. The zero-order chi connectivity index (χ0) is 28.1. The topological polar surface area (TPSA) is 91.4 Å². The minimum absolute atomic E-state index is 0.123. The van der Waals surface area contributed by atoms with E-state index in [2.05, 4.69) is 25.8 Å². The zero-order valence-electron chi connectivity index (χ0n) is 22.2. The molecule has 0 bridgehead atoms. The van der Waals surface area contributed by atoms with E-state index in [4.69, 9.17) is 25.9 Å². The molecule has 11 heteroatoms. The predicted octanol–water partition coefficient (Wildman–Crippen LogP) is 6.51. The second-order valence-electron chi connectivity index (χ2n) is 10.7. The molecule has 1 aliphatic rings. The number of aromatic amines is 1. The predicted molar refractivity (Wildman–Crippen MR) is 152 cm³/mol. The Morgan fingerprint density at radius 1 is 1.05 bits per heavy atom. The van der Waals surface area contributed by atoms with Crippen molar-refractivity contribution in [3.05, 3.63) is 71.5 Å². The summed E-state index contributed by atoms with van der Waals surface area (Å²) in [7, 11) is -3.78. The zero-order valence-corrected chi connectivity index (χ0v) is 23.8. The van der Waals surface area contributed by atoms with Crippen LogP contribution >= 0.6 is 11.6 Å². The van der Waals surface area contributed by atoms with Crippen LogP contribution in [0.5, 0.6) is 0 Å². The highest BCUT2D eigenvalue weighted by Gasteiger charge is 2.39. The van der Waals surface area contributed by atoms with Crippen LogP contribution in [0.25, 0.3) is 34.0 Å². The first-order chi connectivity index (χ1) is 18.3. The summed E-state index contributed by atoms with van der Waals surface area (Å²) in [6.45, 7) is 8.73. The molecule has 2 aromatic carbocycles. The third-order valence-electron chi connectivity index (χ3n) is 6.22. The van der Waals surface area contributed by atoms with Crippen LogP contribution in [0.3, 0.4) is 0 Å². The van der Waals surface area contributed by atoms with E-state index in [0.29, 0.717) is 35.1 Å². The van der Waals surface area contributed by atoms with E-state index in [1.807, 2.05) is 42.2 Å². The molecule has 0 fully saturated rings. The van der Waals surface area contributed by atoms with Gasteiger partial charge in [-0.25, -0.2) is 19.4 Å². The number of fused-ring (bicyclic) bond motifs is 1. The summed E-state index contributed by atoms with van der Waals surface area (Å²) >= 11 is 6.37. The minimum Gasteiger partial charge on any atom is -0.336 e. The van der Waals surface area contributed by atoms with E-state index in [0.717, 1.165) is 11.8 Å². The highest BCUT2D eigenvalue weighted by atomic mass is 35.5. The SMILES string of the molecule is CC1N(CC(C)(C)C)c2nc(-c3[nH]c(-c4c(F)cccc4Cl)nc3-c3ccccc3)ccc2N1OS(C)(=O)=O. The van der Waals surface area contributed by atoms with Gasteiger partial charge >= 0.3 is 0 Å². The first-order valence-electron chi connectivity index (χ1n) is 12.4. The lowest BCUT2D eigenvalue weighted by atomic mass is 9.96. The standard InChI is InChI=1S/C28H29ClFN5O3S/c1-17-34(16-28(2,3)4)27-22(35(17)38-39(5,36)37)15-14-21(31-27)25-24(18-10-7-6-8-11-18)32-26(33-25)23-19(29)12-9-13-20(23)30/h6-15,17H,16H2,1-5H3,(H,32,33). The molecule has 1 unspecified atom stereocenters. The van der Waals surface area contributed by atoms with Crippen LogP contribution in [0.2, 0.25) is 5.02 Å². The molecule has 0 saturated heterocycles. The lowest BCUT2D eigenvalue weighted by molar-refractivity contribution is 0.254. The molecule has 0 amide bonds. The molecule has 4 aromatic rings. The lowest BCUT2D eigenvalue weighted by Crippen LogP contribution is -2.45. The summed E-state index contributed by atoms with van der Waals surface area (Å²) in [6, 6.07) is 17.5. The van der Waals surface area contributed by atoms with Gasteiger partial charge in [-0.3, -0.25) is 0 Å². The average molecular weight is 570 g/mol. The Hall–Kier alpha value is -3.47. The van der Waals surface area contributed by atoms with Crippen LogP contribution in [0.4, 0.5) is 15.9 Å². The summed E-state index contributed by atoms with van der Waals surface area (Å²) in [5.74, 6) is 0.344. The van der Waals surface area contributed by atoms with E-state index < -0.39 is 22.1 Å². The van der Waals surface area contributed by atoms with Crippen molar-refractivity contribution in [1.82, 2.24) is 15.0 Å². The summed E-state index contributed by atoms with van der Waals surface area (Å²) in [6.07, 6.45) is 0.583. The molecule has 204 valence electrons. The third-order valence-corrected chi connectivity index (χ3v) is 6.97. The van der Waals surface area contributed by atoms with E-state index >= 15 is 0 Å². The molecule has 5 rings (SSSR count). The molecule has 2 aromatic heterocycles. The maximum absolute atomic E-state index is 14.9. The van der Waals surface area contributed by atoms with Gasteiger partial charge in [-0.15, -0.1) is 4.28 Å². The molecule has 0 spiro atoms. The molecule has 0 radical (unpaired) electrons. The highest BCUT2D eigenvalue weighted by molar-refractivity contribution is 7.86. The third kappa shape index (κ3) is 5.50. The Balaban J connectivity index is 1.69. The number of hydrogen-bond acceptors (Lipinski definition) is 7. The summed E-state index contributed by atoms with van der Waals surface area (Å²) in [4.78, 5) is 15.0. The molecule has 1 N–H and O–H groups in total. The number of nitrogens with one attached hydrogen (secondary N) is 1. The first kappa shape index (κ1) is 27.1. The number of aromatic nitrogens is 3. The van der Waals surface area contributed by atoms with Crippen molar-refractivity contribution in [2.75, 3.05) is 22.8 Å². The van der Waals surface area contributed by atoms with Gasteiger partial charge in [0.15, 0.2) is 5.82 Å². The number of benzene rings is 2. The van der Waals surface area contributed by atoms with Gasteiger partial charge in [-0.1, -0.05) is 68.8 Å². The molecule has 3 heterocycles.